The fraction of sp³-hybridized carbons (Fsp3) is 0.250. The lowest BCUT2D eigenvalue weighted by Gasteiger charge is -1.92. The Balaban J connectivity index is 2.47. The zero-order valence-corrected chi connectivity index (χ0v) is 3.60. The topological polar surface area (TPSA) is 47.9 Å². The number of nitrogens with zero attached hydrogens (tertiary/aromatic N) is 1. The monoisotopic (exact) mass is 94.0 g/mol. The van der Waals surface area contributed by atoms with E-state index in [1.807, 2.05) is 6.07 Å². The molecule has 0 saturated heterocycles. The van der Waals surface area contributed by atoms with Gasteiger partial charge in [-0.25, -0.2) is 5.43 Å². The van der Waals surface area contributed by atoms with Gasteiger partial charge in [0.25, 0.3) is 0 Å². The molecule has 7 heavy (non-hydrogen) atoms. The van der Waals surface area contributed by atoms with Crippen molar-refractivity contribution in [2.45, 2.75) is 6.04 Å². The van der Waals surface area contributed by atoms with Gasteiger partial charge in [0.15, 0.2) is 0 Å². The van der Waals surface area contributed by atoms with E-state index in [0.29, 0.717) is 0 Å². The van der Waals surface area contributed by atoms with Crippen LogP contribution in [0.3, 0.4) is 0 Å². The lowest BCUT2D eigenvalue weighted by molar-refractivity contribution is 0.660. The molecule has 1 atom stereocenters. The zero-order chi connectivity index (χ0) is 5.11. The second-order valence-electron chi connectivity index (χ2n) is 1.16. The standard InChI is InChI=1S/C4H4N3/c5-3-4-1-2-6-7-4/h2,4,6-7H. The number of rotatable bonds is 0. The highest BCUT2D eigenvalue weighted by Crippen LogP contribution is 1.83. The fourth-order valence-electron chi connectivity index (χ4n) is 0.361. The van der Waals surface area contributed by atoms with Crippen LogP contribution in [0.4, 0.5) is 0 Å². The first-order valence-corrected chi connectivity index (χ1v) is 1.92. The Morgan fingerprint density at radius 2 is 2.71 bits per heavy atom. The lowest BCUT2D eigenvalue weighted by atomic mass is 10.4. The summed E-state index contributed by atoms with van der Waals surface area (Å²) in [7, 11) is 0. The van der Waals surface area contributed by atoms with Gasteiger partial charge >= 0.3 is 0 Å². The average Bonchev–Trinajstić information content (AvgIpc) is 2.14. The first kappa shape index (κ1) is 4.16. The molecule has 0 saturated carbocycles. The number of hydrogen-bond donors (Lipinski definition) is 2. The van der Waals surface area contributed by atoms with Crippen LogP contribution in [0.25, 0.3) is 0 Å². The van der Waals surface area contributed by atoms with Crippen molar-refractivity contribution in [3.05, 3.63) is 12.3 Å². The summed E-state index contributed by atoms with van der Waals surface area (Å²) < 4.78 is 0. The van der Waals surface area contributed by atoms with E-state index in [9.17, 15) is 0 Å². The van der Waals surface area contributed by atoms with Crippen LogP contribution in [0.1, 0.15) is 0 Å². The third-order valence-electron chi connectivity index (χ3n) is 0.679. The molecule has 0 bridgehead atoms. The first-order chi connectivity index (χ1) is 3.43. The third kappa shape index (κ3) is 0.699. The number of hydrazine groups is 1. The van der Waals surface area contributed by atoms with Gasteiger partial charge in [-0.2, -0.15) is 5.26 Å². The molecule has 0 aromatic heterocycles. The van der Waals surface area contributed by atoms with Crippen molar-refractivity contribution in [1.29, 1.82) is 5.26 Å². The molecule has 2 N–H and O–H groups in total. The minimum absolute atomic E-state index is 0.264. The molecular formula is C4H4N3. The quantitative estimate of drug-likeness (QED) is 0.417. The zero-order valence-electron chi connectivity index (χ0n) is 3.60. The minimum atomic E-state index is -0.264. The lowest BCUT2D eigenvalue weighted by Crippen LogP contribution is -2.28. The summed E-state index contributed by atoms with van der Waals surface area (Å²) in [6.07, 6.45) is 4.28. The Hall–Kier alpha value is -1.01. The maximum Gasteiger partial charge on any atom is 0.139 e. The molecule has 1 aliphatic rings. The van der Waals surface area contributed by atoms with Gasteiger partial charge in [-0.1, -0.05) is 0 Å². The van der Waals surface area contributed by atoms with Crippen molar-refractivity contribution < 1.29 is 0 Å². The van der Waals surface area contributed by atoms with Crippen LogP contribution in [0.2, 0.25) is 0 Å². The molecule has 1 aliphatic heterocycles. The van der Waals surface area contributed by atoms with Crippen molar-refractivity contribution in [1.82, 2.24) is 10.9 Å². The molecule has 1 heterocycles. The van der Waals surface area contributed by atoms with E-state index in [4.69, 9.17) is 5.26 Å². The molecular weight excluding hydrogens is 90.1 g/mol. The highest BCUT2D eigenvalue weighted by Gasteiger charge is 2.03. The molecule has 0 fully saturated rings. The molecule has 1 rings (SSSR count). The maximum absolute atomic E-state index is 8.13. The van der Waals surface area contributed by atoms with Gasteiger partial charge in [-0.15, -0.1) is 0 Å². The Labute approximate surface area is 41.6 Å². The van der Waals surface area contributed by atoms with Crippen molar-refractivity contribution in [2.75, 3.05) is 0 Å². The van der Waals surface area contributed by atoms with E-state index in [1.165, 1.54) is 0 Å². The SMILES string of the molecule is N#CC1[C]=CNN1. The fourth-order valence-corrected chi connectivity index (χ4v) is 0.361. The van der Waals surface area contributed by atoms with E-state index in [1.54, 1.807) is 6.20 Å². The van der Waals surface area contributed by atoms with Gasteiger partial charge in [0.1, 0.15) is 6.04 Å². The molecule has 1 unspecified atom stereocenters. The van der Waals surface area contributed by atoms with E-state index in [0.717, 1.165) is 0 Å². The molecule has 0 aliphatic carbocycles. The number of hydrogen-bond acceptors (Lipinski definition) is 3. The van der Waals surface area contributed by atoms with Crippen LogP contribution >= 0.6 is 0 Å². The van der Waals surface area contributed by atoms with E-state index in [2.05, 4.69) is 16.9 Å². The van der Waals surface area contributed by atoms with Crippen LogP contribution in [0, 0.1) is 17.4 Å². The van der Waals surface area contributed by atoms with Crippen molar-refractivity contribution in [2.24, 2.45) is 0 Å². The predicted octanol–water partition coefficient (Wildman–Crippen LogP) is -0.697. The average molecular weight is 94.1 g/mol. The van der Waals surface area contributed by atoms with Crippen molar-refractivity contribution in [3.63, 3.8) is 0 Å². The smallest absolute Gasteiger partial charge is 0.139 e. The van der Waals surface area contributed by atoms with Crippen molar-refractivity contribution >= 4 is 0 Å². The van der Waals surface area contributed by atoms with Gasteiger partial charge in [0, 0.05) is 12.3 Å². The molecule has 3 heteroatoms. The molecule has 0 spiro atoms. The Morgan fingerprint density at radius 3 is 3.00 bits per heavy atom. The number of nitrogens with one attached hydrogen (secondary N) is 2. The molecule has 35 valence electrons. The van der Waals surface area contributed by atoms with E-state index in [-0.39, 0.29) is 6.04 Å². The highest BCUT2D eigenvalue weighted by molar-refractivity contribution is 5.02. The molecule has 1 radical (unpaired) electrons. The first-order valence-electron chi connectivity index (χ1n) is 1.92. The Kier molecular flexibility index (Phi) is 0.966. The summed E-state index contributed by atoms with van der Waals surface area (Å²) in [6, 6.07) is 1.68. The minimum Gasteiger partial charge on any atom is -0.327 e. The Bertz CT molecular complexity index is 121. The number of nitriles is 1. The molecule has 0 aromatic rings. The summed E-state index contributed by atoms with van der Waals surface area (Å²) >= 11 is 0. The second-order valence-corrected chi connectivity index (χ2v) is 1.16. The highest BCUT2D eigenvalue weighted by atomic mass is 15.4. The van der Waals surface area contributed by atoms with Crippen molar-refractivity contribution in [3.8, 4) is 6.07 Å². The Morgan fingerprint density at radius 1 is 1.86 bits per heavy atom. The van der Waals surface area contributed by atoms with E-state index < -0.39 is 0 Å². The summed E-state index contributed by atoms with van der Waals surface area (Å²) in [4.78, 5) is 0. The summed E-state index contributed by atoms with van der Waals surface area (Å²) in [5.74, 6) is 0. The van der Waals surface area contributed by atoms with Crippen LogP contribution in [0.5, 0.6) is 0 Å². The van der Waals surface area contributed by atoms with Crippen LogP contribution < -0.4 is 10.9 Å². The predicted molar refractivity (Wildman–Crippen MR) is 23.5 cm³/mol. The van der Waals surface area contributed by atoms with Crippen LogP contribution in [-0.4, -0.2) is 6.04 Å². The summed E-state index contributed by atoms with van der Waals surface area (Å²) in [5, 5.41) is 8.13. The molecule has 0 aromatic carbocycles. The van der Waals surface area contributed by atoms with Gasteiger partial charge < -0.3 is 5.43 Å². The summed E-state index contributed by atoms with van der Waals surface area (Å²) in [6.45, 7) is 0. The second kappa shape index (κ2) is 1.63. The molecule has 0 amide bonds. The molecule has 3 nitrogen and oxygen atoms in total. The van der Waals surface area contributed by atoms with Crippen LogP contribution in [-0.2, 0) is 0 Å². The maximum atomic E-state index is 8.13. The van der Waals surface area contributed by atoms with Crippen LogP contribution in [0.15, 0.2) is 6.20 Å². The van der Waals surface area contributed by atoms with Gasteiger partial charge in [-0.05, 0) is 0 Å². The van der Waals surface area contributed by atoms with E-state index >= 15 is 0 Å². The largest absolute Gasteiger partial charge is 0.327 e. The van der Waals surface area contributed by atoms with Gasteiger partial charge in [0.2, 0.25) is 0 Å². The third-order valence-corrected chi connectivity index (χ3v) is 0.679. The summed E-state index contributed by atoms with van der Waals surface area (Å²) in [5.41, 5.74) is 5.24. The van der Waals surface area contributed by atoms with Gasteiger partial charge in [0.05, 0.1) is 6.07 Å². The normalized spacial score (nSPS) is 26.4. The van der Waals surface area contributed by atoms with Gasteiger partial charge in [-0.3, -0.25) is 0 Å².